The van der Waals surface area contributed by atoms with Gasteiger partial charge in [0.1, 0.15) is 18.0 Å². The summed E-state index contributed by atoms with van der Waals surface area (Å²) < 4.78 is 11.3. The molecule has 170 valence electrons. The van der Waals surface area contributed by atoms with E-state index in [4.69, 9.17) is 20.6 Å². The monoisotopic (exact) mass is 448 g/mol. The number of anilines is 3. The molecule has 3 aromatic rings. The van der Waals surface area contributed by atoms with Crippen LogP contribution in [0.4, 0.5) is 17.6 Å². The average Bonchev–Trinajstić information content (AvgIpc) is 2.81. The van der Waals surface area contributed by atoms with Gasteiger partial charge in [-0.15, -0.1) is 0 Å². The highest BCUT2D eigenvalue weighted by Crippen LogP contribution is 2.23. The lowest BCUT2D eigenvalue weighted by atomic mass is 10.3. The lowest BCUT2D eigenvalue weighted by Crippen LogP contribution is -2.51. The van der Waals surface area contributed by atoms with E-state index in [1.54, 1.807) is 16.8 Å². The zero-order chi connectivity index (χ0) is 23.2. The Balaban J connectivity index is 1.35. The summed E-state index contributed by atoms with van der Waals surface area (Å²) in [5.41, 5.74) is 6.55. The zero-order valence-electron chi connectivity index (χ0n) is 18.1. The highest BCUT2D eigenvalue weighted by molar-refractivity contribution is 5.83. The Morgan fingerprint density at radius 3 is 2.52 bits per heavy atom. The van der Waals surface area contributed by atoms with Crippen LogP contribution in [0.1, 0.15) is 5.82 Å². The van der Waals surface area contributed by atoms with E-state index < -0.39 is 0 Å². The molecule has 0 unspecified atom stereocenters. The summed E-state index contributed by atoms with van der Waals surface area (Å²) in [7, 11) is 1.73. The maximum absolute atomic E-state index is 11.8. The smallest absolute Gasteiger partial charge is 0.285 e. The molecule has 1 aromatic heterocycles. The second-order valence-corrected chi connectivity index (χ2v) is 7.33. The number of rotatable bonds is 6. The van der Waals surface area contributed by atoms with Gasteiger partial charge in [-0.2, -0.15) is 15.0 Å². The fourth-order valence-electron chi connectivity index (χ4n) is 3.07. The number of nitrogens with zero attached hydrogens (tertiary/aromatic N) is 5. The molecule has 2 heterocycles. The number of hydrogen-bond acceptors (Lipinski definition) is 9. The minimum atomic E-state index is -0.112. The number of carbonyl (C=O) groups excluding carboxylic acids is 1. The summed E-state index contributed by atoms with van der Waals surface area (Å²) >= 11 is 0. The quantitative estimate of drug-likeness (QED) is 0.382. The van der Waals surface area contributed by atoms with Gasteiger partial charge in [0.25, 0.3) is 6.02 Å². The average molecular weight is 448 g/mol. The molecule has 11 heteroatoms. The third kappa shape index (κ3) is 5.85. The van der Waals surface area contributed by atoms with Crippen molar-refractivity contribution in [1.29, 1.82) is 5.41 Å². The van der Waals surface area contributed by atoms with Crippen LogP contribution in [-0.2, 0) is 16.1 Å². The molecular formula is C22H24N8O3. The first-order chi connectivity index (χ1) is 16.0. The first kappa shape index (κ1) is 21.8. The molecule has 1 aliphatic rings. The number of piperazine rings is 1. The third-order valence-electron chi connectivity index (χ3n) is 4.87. The van der Waals surface area contributed by atoms with Gasteiger partial charge in [0.05, 0.1) is 0 Å². The molecule has 4 N–H and O–H groups in total. The Morgan fingerprint density at radius 1 is 1.06 bits per heavy atom. The highest BCUT2D eigenvalue weighted by atomic mass is 16.5. The van der Waals surface area contributed by atoms with Crippen molar-refractivity contribution in [3.8, 4) is 11.5 Å². The van der Waals surface area contributed by atoms with Crippen LogP contribution in [0.15, 0.2) is 54.6 Å². The van der Waals surface area contributed by atoms with Crippen molar-refractivity contribution >= 4 is 29.5 Å². The van der Waals surface area contributed by atoms with E-state index in [9.17, 15) is 4.79 Å². The van der Waals surface area contributed by atoms with Crippen molar-refractivity contribution < 1.29 is 14.3 Å². The molecule has 1 amide bonds. The Bertz CT molecular complexity index is 1120. The van der Waals surface area contributed by atoms with Crippen molar-refractivity contribution in [2.24, 2.45) is 0 Å². The number of amides is 1. The predicted octanol–water partition coefficient (Wildman–Crippen LogP) is 2.22. The van der Waals surface area contributed by atoms with Crippen LogP contribution in [0, 0.1) is 5.41 Å². The second-order valence-electron chi connectivity index (χ2n) is 7.33. The molecule has 2 aromatic carbocycles. The lowest BCUT2D eigenvalue weighted by Gasteiger charge is -2.32. The third-order valence-corrected chi connectivity index (χ3v) is 4.87. The van der Waals surface area contributed by atoms with Crippen LogP contribution in [-0.4, -0.2) is 63.4 Å². The number of nitrogen functional groups attached to an aromatic ring is 1. The van der Waals surface area contributed by atoms with Gasteiger partial charge >= 0.3 is 0 Å². The summed E-state index contributed by atoms with van der Waals surface area (Å²) in [6.45, 7) is 1.08. The summed E-state index contributed by atoms with van der Waals surface area (Å²) in [4.78, 5) is 27.5. The molecule has 33 heavy (non-hydrogen) atoms. The van der Waals surface area contributed by atoms with Gasteiger partial charge in [0.15, 0.2) is 12.4 Å². The summed E-state index contributed by atoms with van der Waals surface area (Å²) in [5, 5.41) is 11.1. The van der Waals surface area contributed by atoms with Gasteiger partial charge in [0.2, 0.25) is 17.8 Å². The number of carbonyl (C=O) groups is 1. The molecule has 1 saturated heterocycles. The van der Waals surface area contributed by atoms with Crippen LogP contribution in [0.3, 0.4) is 0 Å². The Kier molecular flexibility index (Phi) is 6.48. The topological polar surface area (TPSA) is 143 Å². The van der Waals surface area contributed by atoms with Crippen LogP contribution < -0.4 is 15.8 Å². The van der Waals surface area contributed by atoms with E-state index in [1.165, 1.54) is 0 Å². The van der Waals surface area contributed by atoms with Gasteiger partial charge in [0, 0.05) is 25.8 Å². The SMILES string of the molecule is CN1CCN(C(=N)OCc2nc(N)nc(Nc3ccc(Oc4ccccc4)cc3)n2)CC1=O. The van der Waals surface area contributed by atoms with Crippen LogP contribution >= 0.6 is 0 Å². The Labute approximate surface area is 190 Å². The molecule has 0 aliphatic carbocycles. The first-order valence-electron chi connectivity index (χ1n) is 10.3. The highest BCUT2D eigenvalue weighted by Gasteiger charge is 2.24. The van der Waals surface area contributed by atoms with Gasteiger partial charge < -0.3 is 30.3 Å². The van der Waals surface area contributed by atoms with E-state index in [0.717, 1.165) is 11.4 Å². The number of para-hydroxylation sites is 1. The maximum Gasteiger partial charge on any atom is 0.285 e. The van der Waals surface area contributed by atoms with E-state index in [0.29, 0.717) is 18.8 Å². The molecule has 11 nitrogen and oxygen atoms in total. The van der Waals surface area contributed by atoms with Crippen molar-refractivity contribution in [2.75, 3.05) is 37.7 Å². The summed E-state index contributed by atoms with van der Waals surface area (Å²) in [6, 6.07) is 16.7. The van der Waals surface area contributed by atoms with Crippen molar-refractivity contribution in [3.63, 3.8) is 0 Å². The van der Waals surface area contributed by atoms with Crippen molar-refractivity contribution in [2.45, 2.75) is 6.61 Å². The predicted molar refractivity (Wildman–Crippen MR) is 122 cm³/mol. The number of amidine groups is 1. The fraction of sp³-hybridized carbons (Fsp3) is 0.227. The Morgan fingerprint density at radius 2 is 1.79 bits per heavy atom. The molecule has 4 rings (SSSR count). The van der Waals surface area contributed by atoms with Crippen LogP contribution in [0.5, 0.6) is 11.5 Å². The minimum absolute atomic E-state index is 0.0245. The number of aromatic nitrogens is 3. The van der Waals surface area contributed by atoms with Crippen molar-refractivity contribution in [1.82, 2.24) is 24.8 Å². The first-order valence-corrected chi connectivity index (χ1v) is 10.3. The Hall–Kier alpha value is -4.41. The van der Waals surface area contributed by atoms with E-state index in [-0.39, 0.29) is 42.8 Å². The maximum atomic E-state index is 11.8. The summed E-state index contributed by atoms with van der Waals surface area (Å²) in [6.07, 6.45) is 0. The molecule has 0 saturated carbocycles. The normalized spacial score (nSPS) is 13.5. The van der Waals surface area contributed by atoms with Gasteiger partial charge in [-0.1, -0.05) is 18.2 Å². The number of benzene rings is 2. The van der Waals surface area contributed by atoms with Crippen molar-refractivity contribution in [3.05, 3.63) is 60.4 Å². The molecule has 0 atom stereocenters. The molecule has 1 aliphatic heterocycles. The number of nitrogens with two attached hydrogens (primary N) is 1. The number of hydrogen-bond donors (Lipinski definition) is 3. The second kappa shape index (κ2) is 9.81. The van der Waals surface area contributed by atoms with E-state index in [1.807, 2.05) is 54.6 Å². The molecule has 0 radical (unpaired) electrons. The van der Waals surface area contributed by atoms with E-state index in [2.05, 4.69) is 20.3 Å². The van der Waals surface area contributed by atoms with Gasteiger partial charge in [-0.25, -0.2) is 0 Å². The van der Waals surface area contributed by atoms with Gasteiger partial charge in [-0.05, 0) is 36.4 Å². The molecule has 1 fully saturated rings. The van der Waals surface area contributed by atoms with Crippen LogP contribution in [0.2, 0.25) is 0 Å². The number of nitrogens with one attached hydrogen (secondary N) is 2. The summed E-state index contributed by atoms with van der Waals surface area (Å²) in [5.74, 6) is 1.91. The number of ether oxygens (including phenoxy) is 2. The molecule has 0 bridgehead atoms. The molecule has 0 spiro atoms. The fourth-order valence-corrected chi connectivity index (χ4v) is 3.07. The molecular weight excluding hydrogens is 424 g/mol. The number of likely N-dealkylation sites (N-methyl/N-ethyl adjacent to an activating group) is 1. The lowest BCUT2D eigenvalue weighted by molar-refractivity contribution is -0.133. The standard InChI is InChI=1S/C22H24N8O3/c1-29-11-12-30(13-19(29)31)21(24)32-14-18-26-20(23)28-22(27-18)25-15-7-9-17(10-8-15)33-16-5-3-2-4-6-16/h2-10,24H,11-14H2,1H3,(H3,23,25,26,27,28). The largest absolute Gasteiger partial charge is 0.457 e. The van der Waals surface area contributed by atoms with E-state index >= 15 is 0 Å². The van der Waals surface area contributed by atoms with Gasteiger partial charge in [-0.3, -0.25) is 10.2 Å². The minimum Gasteiger partial charge on any atom is -0.457 e. The van der Waals surface area contributed by atoms with Crippen LogP contribution in [0.25, 0.3) is 0 Å². The zero-order valence-corrected chi connectivity index (χ0v) is 18.1.